The third-order valence-electron chi connectivity index (χ3n) is 5.20. The molecule has 9 heteroatoms. The zero-order valence-electron chi connectivity index (χ0n) is 17.8. The first kappa shape index (κ1) is 23.6. The van der Waals surface area contributed by atoms with Crippen LogP contribution >= 0.6 is 11.3 Å². The van der Waals surface area contributed by atoms with E-state index in [0.717, 1.165) is 9.78 Å². The van der Waals surface area contributed by atoms with E-state index in [-0.39, 0.29) is 37.2 Å². The minimum absolute atomic E-state index is 0.0282. The second kappa shape index (κ2) is 11.0. The van der Waals surface area contributed by atoms with Gasteiger partial charge in [0.1, 0.15) is 12.1 Å². The molecule has 8 nitrogen and oxygen atoms in total. The number of thiophene rings is 1. The van der Waals surface area contributed by atoms with Crippen molar-refractivity contribution in [3.8, 4) is 0 Å². The number of imide groups is 1. The number of hydrogen-bond donors (Lipinski definition) is 2. The summed E-state index contributed by atoms with van der Waals surface area (Å²) >= 11 is 1.42. The Morgan fingerprint density at radius 1 is 1.09 bits per heavy atom. The van der Waals surface area contributed by atoms with Crippen molar-refractivity contribution < 1.29 is 29.0 Å². The van der Waals surface area contributed by atoms with E-state index in [1.165, 1.54) is 11.3 Å². The third-order valence-corrected chi connectivity index (χ3v) is 6.10. The molecule has 1 aromatic heterocycles. The summed E-state index contributed by atoms with van der Waals surface area (Å²) in [5.74, 6) is -2.25. The maximum Gasteiger partial charge on any atom is 0.328 e. The molecule has 1 aliphatic heterocycles. The Hall–Kier alpha value is -3.04. The molecule has 2 atom stereocenters. The van der Waals surface area contributed by atoms with Gasteiger partial charge < -0.3 is 15.2 Å². The molecule has 0 saturated heterocycles. The molecule has 0 spiro atoms. The molecule has 0 aliphatic carbocycles. The van der Waals surface area contributed by atoms with Crippen LogP contribution in [0.1, 0.15) is 51.8 Å². The Kier molecular flexibility index (Phi) is 8.13. The summed E-state index contributed by atoms with van der Waals surface area (Å²) in [5.41, 5.74) is 0.512. The fraction of sp³-hybridized carbons (Fsp3) is 0.391. The first-order valence-corrected chi connectivity index (χ1v) is 11.4. The molecule has 2 heterocycles. The summed E-state index contributed by atoms with van der Waals surface area (Å²) in [6.07, 6.45) is 1.39. The van der Waals surface area contributed by atoms with Gasteiger partial charge >= 0.3 is 5.97 Å². The summed E-state index contributed by atoms with van der Waals surface area (Å²) in [6.45, 7) is 1.80. The fourth-order valence-corrected chi connectivity index (χ4v) is 4.37. The number of rotatable bonds is 11. The normalized spacial score (nSPS) is 14.8. The van der Waals surface area contributed by atoms with E-state index < -0.39 is 35.8 Å². The number of benzene rings is 1. The fourth-order valence-electron chi connectivity index (χ4n) is 3.63. The highest BCUT2D eigenvalue weighted by Gasteiger charge is 2.43. The minimum atomic E-state index is -1.11. The van der Waals surface area contributed by atoms with Gasteiger partial charge in [0, 0.05) is 17.9 Å². The zero-order valence-corrected chi connectivity index (χ0v) is 18.6. The topological polar surface area (TPSA) is 113 Å². The van der Waals surface area contributed by atoms with Gasteiger partial charge in [0.05, 0.1) is 17.7 Å². The summed E-state index contributed by atoms with van der Waals surface area (Å²) in [6, 6.07) is 8.06. The van der Waals surface area contributed by atoms with Crippen LogP contribution < -0.4 is 5.32 Å². The lowest BCUT2D eigenvalue weighted by Gasteiger charge is -2.27. The number of carbonyl (C=O) groups excluding carboxylic acids is 4. The van der Waals surface area contributed by atoms with Crippen LogP contribution in [0.4, 0.5) is 0 Å². The first-order chi connectivity index (χ1) is 15.5. The SMILES string of the molecule is CCOC(=O)C(CCCCO)NC(=O)[C@H](Cc1cccs1)N1C(=O)c2ccccc2C1=O. The molecule has 0 saturated carbocycles. The highest BCUT2D eigenvalue weighted by atomic mass is 32.1. The van der Waals surface area contributed by atoms with Gasteiger partial charge in [-0.25, -0.2) is 4.79 Å². The van der Waals surface area contributed by atoms with Crippen LogP contribution in [0.25, 0.3) is 0 Å². The zero-order chi connectivity index (χ0) is 23.1. The number of nitrogens with zero attached hydrogens (tertiary/aromatic N) is 1. The molecule has 2 N–H and O–H groups in total. The summed E-state index contributed by atoms with van der Waals surface area (Å²) in [4.78, 5) is 53.6. The summed E-state index contributed by atoms with van der Waals surface area (Å²) in [7, 11) is 0. The molecular formula is C23H26N2O6S. The maximum absolute atomic E-state index is 13.3. The van der Waals surface area contributed by atoms with E-state index in [0.29, 0.717) is 12.8 Å². The molecule has 3 amide bonds. The maximum atomic E-state index is 13.3. The Bertz CT molecular complexity index is 940. The molecule has 0 radical (unpaired) electrons. The molecule has 3 rings (SSSR count). The van der Waals surface area contributed by atoms with Crippen molar-refractivity contribution in [2.45, 2.75) is 44.7 Å². The number of aliphatic hydroxyl groups is 1. The molecule has 170 valence electrons. The molecular weight excluding hydrogens is 432 g/mol. The Morgan fingerprint density at radius 3 is 2.34 bits per heavy atom. The van der Waals surface area contributed by atoms with Crippen molar-refractivity contribution in [1.82, 2.24) is 10.2 Å². The monoisotopic (exact) mass is 458 g/mol. The number of ether oxygens (including phenoxy) is 1. The number of unbranched alkanes of at least 4 members (excludes halogenated alkanes) is 1. The average molecular weight is 459 g/mol. The van der Waals surface area contributed by atoms with Gasteiger partial charge in [0.2, 0.25) is 5.91 Å². The summed E-state index contributed by atoms with van der Waals surface area (Å²) in [5, 5.41) is 13.6. The number of amides is 3. The van der Waals surface area contributed by atoms with Gasteiger partial charge in [0.25, 0.3) is 11.8 Å². The minimum Gasteiger partial charge on any atom is -0.464 e. The van der Waals surface area contributed by atoms with Crippen LogP contribution in [-0.2, 0) is 20.7 Å². The second-order valence-electron chi connectivity index (χ2n) is 7.36. The Morgan fingerprint density at radius 2 is 1.78 bits per heavy atom. The van der Waals surface area contributed by atoms with Crippen LogP contribution in [-0.4, -0.2) is 59.0 Å². The van der Waals surface area contributed by atoms with Gasteiger partial charge in [-0.1, -0.05) is 18.2 Å². The Labute approximate surface area is 190 Å². The highest BCUT2D eigenvalue weighted by Crippen LogP contribution is 2.27. The largest absolute Gasteiger partial charge is 0.464 e. The molecule has 1 aliphatic rings. The number of esters is 1. The third kappa shape index (κ3) is 5.23. The quantitative estimate of drug-likeness (QED) is 0.303. The van der Waals surface area contributed by atoms with E-state index in [1.54, 1.807) is 31.2 Å². The number of fused-ring (bicyclic) bond motifs is 1. The van der Waals surface area contributed by atoms with Crippen molar-refractivity contribution in [1.29, 1.82) is 0 Å². The van der Waals surface area contributed by atoms with Crippen molar-refractivity contribution in [3.63, 3.8) is 0 Å². The van der Waals surface area contributed by atoms with Gasteiger partial charge in [-0.3, -0.25) is 19.3 Å². The Balaban J connectivity index is 1.86. The van der Waals surface area contributed by atoms with Crippen LogP contribution in [0.5, 0.6) is 0 Å². The summed E-state index contributed by atoms with van der Waals surface area (Å²) < 4.78 is 5.08. The number of hydrogen-bond acceptors (Lipinski definition) is 7. The first-order valence-electron chi connectivity index (χ1n) is 10.5. The van der Waals surface area contributed by atoms with Crippen molar-refractivity contribution in [3.05, 3.63) is 57.8 Å². The standard InChI is InChI=1S/C23H26N2O6S/c1-2-31-23(30)18(11-5-6-12-26)24-20(27)19(14-15-8-7-13-32-15)25-21(28)16-9-3-4-10-17(16)22(25)29/h3-4,7-10,13,18-19,26H,2,5-6,11-12,14H2,1H3,(H,24,27)/t18?,19-/m0/s1. The van der Waals surface area contributed by atoms with Crippen molar-refractivity contribution >= 4 is 35.0 Å². The predicted molar refractivity (Wildman–Crippen MR) is 118 cm³/mol. The lowest BCUT2D eigenvalue weighted by atomic mass is 10.1. The average Bonchev–Trinajstić information content (AvgIpc) is 3.39. The van der Waals surface area contributed by atoms with E-state index in [2.05, 4.69) is 5.32 Å². The highest BCUT2D eigenvalue weighted by molar-refractivity contribution is 7.09. The van der Waals surface area contributed by atoms with Gasteiger partial charge in [-0.2, -0.15) is 0 Å². The van der Waals surface area contributed by atoms with E-state index in [4.69, 9.17) is 9.84 Å². The molecule has 1 aromatic carbocycles. The molecule has 2 aromatic rings. The number of aliphatic hydroxyl groups excluding tert-OH is 1. The van der Waals surface area contributed by atoms with Crippen molar-refractivity contribution in [2.75, 3.05) is 13.2 Å². The lowest BCUT2D eigenvalue weighted by molar-refractivity contribution is -0.148. The molecule has 0 fully saturated rings. The van der Waals surface area contributed by atoms with Crippen molar-refractivity contribution in [2.24, 2.45) is 0 Å². The van der Waals surface area contributed by atoms with Gasteiger partial charge in [-0.05, 0) is 49.8 Å². The van der Waals surface area contributed by atoms with Crippen LogP contribution in [0.3, 0.4) is 0 Å². The number of carbonyl (C=O) groups is 4. The number of nitrogens with one attached hydrogen (secondary N) is 1. The smallest absolute Gasteiger partial charge is 0.328 e. The van der Waals surface area contributed by atoms with Crippen LogP contribution in [0, 0.1) is 0 Å². The second-order valence-corrected chi connectivity index (χ2v) is 8.39. The molecule has 32 heavy (non-hydrogen) atoms. The lowest BCUT2D eigenvalue weighted by Crippen LogP contribution is -2.54. The molecule has 0 bridgehead atoms. The van der Waals surface area contributed by atoms with Gasteiger partial charge in [-0.15, -0.1) is 11.3 Å². The van der Waals surface area contributed by atoms with E-state index in [1.807, 2.05) is 17.5 Å². The van der Waals surface area contributed by atoms with E-state index >= 15 is 0 Å². The molecule has 1 unspecified atom stereocenters. The van der Waals surface area contributed by atoms with Crippen LogP contribution in [0.2, 0.25) is 0 Å². The predicted octanol–water partition coefficient (Wildman–Crippen LogP) is 2.17. The van der Waals surface area contributed by atoms with Crippen LogP contribution in [0.15, 0.2) is 41.8 Å². The van der Waals surface area contributed by atoms with E-state index in [9.17, 15) is 19.2 Å². The van der Waals surface area contributed by atoms with Gasteiger partial charge in [0.15, 0.2) is 0 Å².